The van der Waals surface area contributed by atoms with Gasteiger partial charge in [-0.3, -0.25) is 14.4 Å². The lowest BCUT2D eigenvalue weighted by Crippen LogP contribution is -2.37. The van der Waals surface area contributed by atoms with Crippen molar-refractivity contribution in [1.29, 1.82) is 0 Å². The monoisotopic (exact) mass is 713 g/mol. The highest BCUT2D eigenvalue weighted by Gasteiger charge is 2.40. The van der Waals surface area contributed by atoms with E-state index < -0.39 is 12.2 Å². The maximum atomic E-state index is 12.8. The molecule has 2 atom stereocenters. The topological polar surface area (TPSA) is 76.2 Å². The van der Waals surface area contributed by atoms with E-state index in [9.17, 15) is 14.4 Å². The van der Waals surface area contributed by atoms with Gasteiger partial charge in [-0.1, -0.05) is 127 Å². The standard InChI is InChI=1S/C44H76N2O5/c1-5-7-9-11-13-15-17-19-21-23-25-27-29-31-33-35-43(48)50-40-37-46(42(47)39-45(3)4)38-41(40)51-44(49)36-34-32-30-28-26-24-22-20-18-16-14-12-10-8-6-2/h13-16,19-22,40-41H,5-12,17-18,23-39H2,1-4H3/t40-,41?/m1/s1. The molecule has 51 heavy (non-hydrogen) atoms. The van der Waals surface area contributed by atoms with Crippen LogP contribution in [-0.2, 0) is 23.9 Å². The maximum Gasteiger partial charge on any atom is 0.306 e. The van der Waals surface area contributed by atoms with E-state index in [1.165, 1.54) is 64.2 Å². The number of amides is 1. The Kier molecular flexibility index (Phi) is 30.2. The lowest BCUT2D eigenvalue weighted by atomic mass is 10.1. The van der Waals surface area contributed by atoms with Crippen LogP contribution >= 0.6 is 0 Å². The van der Waals surface area contributed by atoms with Gasteiger partial charge in [-0.2, -0.15) is 0 Å². The number of hydrogen-bond acceptors (Lipinski definition) is 6. The fourth-order valence-corrected chi connectivity index (χ4v) is 6.16. The number of hydrogen-bond donors (Lipinski definition) is 0. The van der Waals surface area contributed by atoms with Gasteiger partial charge in [0, 0.05) is 12.8 Å². The van der Waals surface area contributed by atoms with Gasteiger partial charge in [0.25, 0.3) is 0 Å². The van der Waals surface area contributed by atoms with E-state index in [4.69, 9.17) is 9.47 Å². The molecule has 0 bridgehead atoms. The molecule has 0 radical (unpaired) electrons. The van der Waals surface area contributed by atoms with E-state index in [-0.39, 0.29) is 37.5 Å². The van der Waals surface area contributed by atoms with Gasteiger partial charge in [-0.25, -0.2) is 0 Å². The van der Waals surface area contributed by atoms with Crippen LogP contribution in [-0.4, -0.2) is 73.6 Å². The summed E-state index contributed by atoms with van der Waals surface area (Å²) < 4.78 is 11.6. The molecule has 1 heterocycles. The van der Waals surface area contributed by atoms with Crippen LogP contribution in [0.15, 0.2) is 48.6 Å². The molecule has 1 unspecified atom stereocenters. The number of allylic oxidation sites excluding steroid dienone is 8. The van der Waals surface area contributed by atoms with E-state index in [2.05, 4.69) is 62.5 Å². The van der Waals surface area contributed by atoms with Crippen LogP contribution in [0.5, 0.6) is 0 Å². The molecule has 292 valence electrons. The highest BCUT2D eigenvalue weighted by molar-refractivity contribution is 5.79. The molecular formula is C44H76N2O5. The second-order valence-electron chi connectivity index (χ2n) is 14.6. The van der Waals surface area contributed by atoms with Crippen molar-refractivity contribution in [3.8, 4) is 0 Å². The number of esters is 2. The van der Waals surface area contributed by atoms with Crippen molar-refractivity contribution in [1.82, 2.24) is 9.80 Å². The first-order chi connectivity index (χ1) is 24.9. The molecule has 0 saturated carbocycles. The Labute approximate surface area is 313 Å². The molecule has 0 aromatic heterocycles. The number of carbonyl (C=O) groups is 3. The van der Waals surface area contributed by atoms with E-state index in [1.807, 2.05) is 19.0 Å². The number of ether oxygens (including phenoxy) is 2. The van der Waals surface area contributed by atoms with E-state index >= 15 is 0 Å². The molecule has 0 spiro atoms. The second-order valence-corrected chi connectivity index (χ2v) is 14.6. The third-order valence-corrected chi connectivity index (χ3v) is 9.25. The lowest BCUT2D eigenvalue weighted by molar-refractivity contribution is -0.164. The minimum Gasteiger partial charge on any atom is -0.456 e. The number of likely N-dealkylation sites (tertiary alicyclic amines) is 1. The summed E-state index contributed by atoms with van der Waals surface area (Å²) >= 11 is 0. The first-order valence-electron chi connectivity index (χ1n) is 20.8. The summed E-state index contributed by atoms with van der Waals surface area (Å²) in [5, 5.41) is 0. The van der Waals surface area contributed by atoms with Crippen molar-refractivity contribution in [2.45, 2.75) is 180 Å². The molecular weight excluding hydrogens is 636 g/mol. The summed E-state index contributed by atoms with van der Waals surface area (Å²) in [5.41, 5.74) is 0. The summed E-state index contributed by atoms with van der Waals surface area (Å²) in [6.45, 7) is 5.27. The molecule has 0 aromatic carbocycles. The number of rotatable bonds is 32. The molecule has 1 saturated heterocycles. The van der Waals surface area contributed by atoms with E-state index in [0.717, 1.165) is 77.0 Å². The van der Waals surface area contributed by atoms with E-state index in [0.29, 0.717) is 12.8 Å². The van der Waals surface area contributed by atoms with Crippen molar-refractivity contribution < 1.29 is 23.9 Å². The Morgan fingerprint density at radius 2 is 0.882 bits per heavy atom. The Morgan fingerprint density at radius 3 is 1.25 bits per heavy atom. The number of unbranched alkanes of at least 4 members (excludes halogenated alkanes) is 16. The highest BCUT2D eigenvalue weighted by atomic mass is 16.6. The minimum absolute atomic E-state index is 0.0537. The molecule has 0 aromatic rings. The van der Waals surface area contributed by atoms with Crippen LogP contribution in [0.4, 0.5) is 0 Å². The van der Waals surface area contributed by atoms with Crippen molar-refractivity contribution in [2.75, 3.05) is 33.7 Å². The Hall–Kier alpha value is -2.67. The molecule has 1 fully saturated rings. The molecule has 0 aliphatic carbocycles. The molecule has 1 rings (SSSR count). The van der Waals surface area contributed by atoms with Gasteiger partial charge in [0.05, 0.1) is 19.6 Å². The number of carbonyl (C=O) groups excluding carboxylic acids is 3. The lowest BCUT2D eigenvalue weighted by Gasteiger charge is -2.19. The van der Waals surface area contributed by atoms with Gasteiger partial charge in [0.15, 0.2) is 12.2 Å². The molecule has 7 nitrogen and oxygen atoms in total. The normalized spacial score (nSPS) is 16.5. The third kappa shape index (κ3) is 27.6. The van der Waals surface area contributed by atoms with Crippen LogP contribution < -0.4 is 0 Å². The fraction of sp³-hybridized carbons (Fsp3) is 0.750. The SMILES string of the molecule is CCCCCC=CCC=CCCCCCCCC(=O)OC1CN(C(=O)CN(C)C)C[C@H]1OC(=O)CCCCCCCC=CCC=CCCCCC. The summed E-state index contributed by atoms with van der Waals surface area (Å²) in [6, 6.07) is 0. The van der Waals surface area contributed by atoms with Gasteiger partial charge in [0.2, 0.25) is 5.91 Å². The first kappa shape index (κ1) is 46.4. The molecule has 1 aliphatic rings. The Balaban J connectivity index is 2.28. The van der Waals surface area contributed by atoms with Gasteiger partial charge in [0.1, 0.15) is 0 Å². The molecule has 1 amide bonds. The van der Waals surface area contributed by atoms with Crippen molar-refractivity contribution >= 4 is 17.8 Å². The second kappa shape index (κ2) is 33.2. The zero-order chi connectivity index (χ0) is 37.2. The fourth-order valence-electron chi connectivity index (χ4n) is 6.16. The number of nitrogens with zero attached hydrogens (tertiary/aromatic N) is 2. The Bertz CT molecular complexity index is 933. The van der Waals surface area contributed by atoms with Crippen LogP contribution in [0.2, 0.25) is 0 Å². The largest absolute Gasteiger partial charge is 0.456 e. The first-order valence-corrected chi connectivity index (χ1v) is 20.8. The summed E-state index contributed by atoms with van der Waals surface area (Å²) in [4.78, 5) is 41.7. The molecule has 7 heteroatoms. The quantitative estimate of drug-likeness (QED) is 0.0393. The van der Waals surface area contributed by atoms with Crippen LogP contribution in [0.25, 0.3) is 0 Å². The predicted octanol–water partition coefficient (Wildman–Crippen LogP) is 10.8. The van der Waals surface area contributed by atoms with Crippen LogP contribution in [0.1, 0.15) is 168 Å². The predicted molar refractivity (Wildman–Crippen MR) is 214 cm³/mol. The summed E-state index contributed by atoms with van der Waals surface area (Å²) in [6.07, 6.45) is 42.4. The Morgan fingerprint density at radius 1 is 0.529 bits per heavy atom. The van der Waals surface area contributed by atoms with Crippen molar-refractivity contribution in [2.24, 2.45) is 0 Å². The van der Waals surface area contributed by atoms with Crippen LogP contribution in [0.3, 0.4) is 0 Å². The van der Waals surface area contributed by atoms with Gasteiger partial charge < -0.3 is 19.3 Å². The number of likely N-dealkylation sites (N-methyl/N-ethyl adjacent to an activating group) is 1. The third-order valence-electron chi connectivity index (χ3n) is 9.25. The van der Waals surface area contributed by atoms with Crippen LogP contribution in [0, 0.1) is 0 Å². The van der Waals surface area contributed by atoms with Crippen molar-refractivity contribution in [3.63, 3.8) is 0 Å². The molecule has 0 N–H and O–H groups in total. The zero-order valence-electron chi connectivity index (χ0n) is 33.3. The smallest absolute Gasteiger partial charge is 0.306 e. The molecule has 1 aliphatic heterocycles. The minimum atomic E-state index is -0.616. The summed E-state index contributed by atoms with van der Waals surface area (Å²) in [7, 11) is 3.69. The van der Waals surface area contributed by atoms with Gasteiger partial charge >= 0.3 is 11.9 Å². The average Bonchev–Trinajstić information content (AvgIpc) is 3.49. The van der Waals surface area contributed by atoms with Crippen molar-refractivity contribution in [3.05, 3.63) is 48.6 Å². The van der Waals surface area contributed by atoms with Gasteiger partial charge in [-0.05, 0) is 91.1 Å². The zero-order valence-corrected chi connectivity index (χ0v) is 33.3. The van der Waals surface area contributed by atoms with E-state index in [1.54, 1.807) is 4.90 Å². The highest BCUT2D eigenvalue weighted by Crippen LogP contribution is 2.20. The maximum absolute atomic E-state index is 12.8. The summed E-state index contributed by atoms with van der Waals surface area (Å²) in [5.74, 6) is -0.605. The average molecular weight is 713 g/mol. The van der Waals surface area contributed by atoms with Gasteiger partial charge in [-0.15, -0.1) is 0 Å².